The van der Waals surface area contributed by atoms with Crippen LogP contribution in [0.15, 0.2) is 65.4 Å². The average molecular weight is 452 g/mol. The highest BCUT2D eigenvalue weighted by molar-refractivity contribution is 9.10. The predicted octanol–water partition coefficient (Wildman–Crippen LogP) is 5.56. The Labute approximate surface area is 180 Å². The molecular weight excluding hydrogens is 426 g/mol. The summed E-state index contributed by atoms with van der Waals surface area (Å²) < 4.78 is 0.857. The topological polar surface area (TPSA) is 54.9 Å². The molecule has 0 unspecified atom stereocenters. The number of benzene rings is 2. The Balaban J connectivity index is 1.59. The highest BCUT2D eigenvalue weighted by Gasteiger charge is 2.15. The van der Waals surface area contributed by atoms with Gasteiger partial charge in [-0.3, -0.25) is 4.79 Å². The van der Waals surface area contributed by atoms with E-state index in [1.807, 2.05) is 43.3 Å². The molecule has 3 rings (SSSR count). The highest BCUT2D eigenvalue weighted by atomic mass is 79.9. The van der Waals surface area contributed by atoms with E-state index in [4.69, 9.17) is 0 Å². The molecule has 0 saturated carbocycles. The first-order valence-corrected chi connectivity index (χ1v) is 10.5. The van der Waals surface area contributed by atoms with Crippen molar-refractivity contribution in [1.82, 2.24) is 15.3 Å². The van der Waals surface area contributed by atoms with Gasteiger partial charge in [0.2, 0.25) is 0 Å². The molecular formula is C24H26BrN3O. The summed E-state index contributed by atoms with van der Waals surface area (Å²) in [5.74, 6) is 0.651. The molecule has 2 aromatic carbocycles. The minimum Gasteiger partial charge on any atom is -0.349 e. The van der Waals surface area contributed by atoms with Crippen molar-refractivity contribution in [2.24, 2.45) is 0 Å². The van der Waals surface area contributed by atoms with E-state index in [-0.39, 0.29) is 17.4 Å². The van der Waals surface area contributed by atoms with Gasteiger partial charge in [0.05, 0.1) is 4.47 Å². The molecule has 1 N–H and O–H groups in total. The van der Waals surface area contributed by atoms with E-state index < -0.39 is 0 Å². The van der Waals surface area contributed by atoms with Crippen LogP contribution in [0.25, 0.3) is 11.4 Å². The van der Waals surface area contributed by atoms with Crippen molar-refractivity contribution >= 4 is 21.8 Å². The van der Waals surface area contributed by atoms with Crippen LogP contribution >= 0.6 is 15.9 Å². The van der Waals surface area contributed by atoms with E-state index >= 15 is 0 Å². The van der Waals surface area contributed by atoms with Gasteiger partial charge >= 0.3 is 0 Å². The molecule has 29 heavy (non-hydrogen) atoms. The third-order valence-corrected chi connectivity index (χ3v) is 5.17. The Bertz CT molecular complexity index is 959. The second-order valence-electron chi connectivity index (χ2n) is 8.33. The molecule has 0 aliphatic heterocycles. The van der Waals surface area contributed by atoms with Crippen LogP contribution in [-0.4, -0.2) is 21.9 Å². The Hall–Kier alpha value is -2.53. The van der Waals surface area contributed by atoms with Gasteiger partial charge in [0, 0.05) is 29.6 Å². The lowest BCUT2D eigenvalue weighted by Crippen LogP contribution is -2.34. The summed E-state index contributed by atoms with van der Waals surface area (Å²) in [7, 11) is 0. The monoisotopic (exact) mass is 451 g/mol. The van der Waals surface area contributed by atoms with Crippen molar-refractivity contribution in [2.45, 2.75) is 45.6 Å². The van der Waals surface area contributed by atoms with Gasteiger partial charge in [0.25, 0.3) is 5.91 Å². The van der Waals surface area contributed by atoms with Crippen LogP contribution < -0.4 is 5.32 Å². The Morgan fingerprint density at radius 2 is 1.59 bits per heavy atom. The first-order chi connectivity index (χ1) is 13.7. The van der Waals surface area contributed by atoms with Crippen LogP contribution in [0.2, 0.25) is 0 Å². The molecule has 150 valence electrons. The summed E-state index contributed by atoms with van der Waals surface area (Å²) in [6.45, 7) is 8.52. The number of hydrogen-bond donors (Lipinski definition) is 1. The number of nitrogens with one attached hydrogen (secondary N) is 1. The molecule has 1 atom stereocenters. The Morgan fingerprint density at radius 1 is 1.00 bits per heavy atom. The van der Waals surface area contributed by atoms with Crippen LogP contribution in [0, 0.1) is 0 Å². The maximum atomic E-state index is 12.5. The van der Waals surface area contributed by atoms with Crippen molar-refractivity contribution < 1.29 is 4.79 Å². The number of amides is 1. The molecule has 4 nitrogen and oxygen atoms in total. The SMILES string of the molecule is C[C@@H](Cc1ccc(-c2ncc(Br)cn2)cc1)NC(=O)c1ccc(C(C)(C)C)cc1. The van der Waals surface area contributed by atoms with E-state index in [1.54, 1.807) is 12.4 Å². The van der Waals surface area contributed by atoms with Crippen molar-refractivity contribution in [3.05, 3.63) is 82.1 Å². The van der Waals surface area contributed by atoms with Gasteiger partial charge in [-0.05, 0) is 57.9 Å². The summed E-state index contributed by atoms with van der Waals surface area (Å²) in [4.78, 5) is 21.2. The molecule has 3 aromatic rings. The molecule has 0 fully saturated rings. The van der Waals surface area contributed by atoms with E-state index in [2.05, 4.69) is 64.1 Å². The smallest absolute Gasteiger partial charge is 0.251 e. The molecule has 0 bridgehead atoms. The van der Waals surface area contributed by atoms with Gasteiger partial charge in [-0.1, -0.05) is 57.2 Å². The molecule has 1 amide bonds. The lowest BCUT2D eigenvalue weighted by molar-refractivity contribution is 0.0940. The minimum absolute atomic E-state index is 0.0274. The van der Waals surface area contributed by atoms with Crippen molar-refractivity contribution in [1.29, 1.82) is 0 Å². The van der Waals surface area contributed by atoms with Crippen LogP contribution in [-0.2, 0) is 11.8 Å². The Kier molecular flexibility index (Phi) is 6.48. The fraction of sp³-hybridized carbons (Fsp3) is 0.292. The summed E-state index contributed by atoms with van der Waals surface area (Å²) in [6, 6.07) is 16.0. The molecule has 0 aliphatic carbocycles. The van der Waals surface area contributed by atoms with E-state index in [0.29, 0.717) is 11.4 Å². The van der Waals surface area contributed by atoms with E-state index in [9.17, 15) is 4.79 Å². The zero-order valence-corrected chi connectivity index (χ0v) is 18.8. The number of hydrogen-bond acceptors (Lipinski definition) is 3. The number of halogens is 1. The molecule has 0 spiro atoms. The summed E-state index contributed by atoms with van der Waals surface area (Å²) in [5, 5.41) is 3.09. The van der Waals surface area contributed by atoms with Gasteiger partial charge in [-0.15, -0.1) is 0 Å². The molecule has 0 saturated heterocycles. The predicted molar refractivity (Wildman–Crippen MR) is 121 cm³/mol. The third-order valence-electron chi connectivity index (χ3n) is 4.76. The van der Waals surface area contributed by atoms with Crippen LogP contribution in [0.5, 0.6) is 0 Å². The molecule has 1 aromatic heterocycles. The number of carbonyl (C=O) groups is 1. The first-order valence-electron chi connectivity index (χ1n) is 9.70. The maximum Gasteiger partial charge on any atom is 0.251 e. The summed E-state index contributed by atoms with van der Waals surface area (Å²) in [6.07, 6.45) is 4.23. The summed E-state index contributed by atoms with van der Waals surface area (Å²) >= 11 is 3.35. The fourth-order valence-electron chi connectivity index (χ4n) is 3.08. The van der Waals surface area contributed by atoms with Crippen LogP contribution in [0.1, 0.15) is 49.2 Å². The number of nitrogens with zero attached hydrogens (tertiary/aromatic N) is 2. The van der Waals surface area contributed by atoms with Gasteiger partial charge in [-0.25, -0.2) is 9.97 Å². The van der Waals surface area contributed by atoms with Crippen LogP contribution in [0.3, 0.4) is 0 Å². The van der Waals surface area contributed by atoms with Crippen molar-refractivity contribution in [3.63, 3.8) is 0 Å². The second-order valence-corrected chi connectivity index (χ2v) is 9.24. The Morgan fingerprint density at radius 3 is 2.14 bits per heavy atom. The van der Waals surface area contributed by atoms with Gasteiger partial charge < -0.3 is 5.32 Å². The van der Waals surface area contributed by atoms with Crippen molar-refractivity contribution in [2.75, 3.05) is 0 Å². The van der Waals surface area contributed by atoms with Gasteiger partial charge in [0.15, 0.2) is 5.82 Å². The zero-order valence-electron chi connectivity index (χ0n) is 17.2. The number of rotatable bonds is 5. The molecule has 5 heteroatoms. The molecule has 0 radical (unpaired) electrons. The van der Waals surface area contributed by atoms with E-state index in [0.717, 1.165) is 22.0 Å². The van der Waals surface area contributed by atoms with Crippen molar-refractivity contribution in [3.8, 4) is 11.4 Å². The minimum atomic E-state index is -0.0437. The first kappa shape index (κ1) is 21.2. The number of aromatic nitrogens is 2. The maximum absolute atomic E-state index is 12.5. The molecule has 0 aliphatic rings. The largest absolute Gasteiger partial charge is 0.349 e. The summed E-state index contributed by atoms with van der Waals surface area (Å²) in [5.41, 5.74) is 4.11. The van der Waals surface area contributed by atoms with Crippen LogP contribution in [0.4, 0.5) is 0 Å². The van der Waals surface area contributed by atoms with E-state index in [1.165, 1.54) is 5.56 Å². The standard InChI is InChI=1S/C24H26BrN3O/c1-16(28-23(29)19-9-11-20(12-10-19)24(2,3)4)13-17-5-7-18(8-6-17)22-26-14-21(25)15-27-22/h5-12,14-16H,13H2,1-4H3,(H,28,29)/t16-/m0/s1. The normalized spacial score (nSPS) is 12.4. The lowest BCUT2D eigenvalue weighted by Gasteiger charge is -2.19. The van der Waals surface area contributed by atoms with Gasteiger partial charge in [0.1, 0.15) is 0 Å². The number of carbonyl (C=O) groups excluding carboxylic acids is 1. The third kappa shape index (κ3) is 5.73. The average Bonchev–Trinajstić information content (AvgIpc) is 2.68. The zero-order chi connectivity index (χ0) is 21.0. The second kappa shape index (κ2) is 8.87. The lowest BCUT2D eigenvalue weighted by atomic mass is 9.86. The quantitative estimate of drug-likeness (QED) is 0.551. The van der Waals surface area contributed by atoms with Gasteiger partial charge in [-0.2, -0.15) is 0 Å². The highest BCUT2D eigenvalue weighted by Crippen LogP contribution is 2.22. The fourth-order valence-corrected chi connectivity index (χ4v) is 3.29. The molecule has 1 heterocycles.